The molecule has 33 heavy (non-hydrogen) atoms. The lowest BCUT2D eigenvalue weighted by Gasteiger charge is -2.25. The van der Waals surface area contributed by atoms with Crippen LogP contribution in [-0.4, -0.2) is 50.1 Å². The topological polar surface area (TPSA) is 110 Å². The number of rotatable bonds is 9. The van der Waals surface area contributed by atoms with E-state index in [-0.39, 0.29) is 23.5 Å². The smallest absolute Gasteiger partial charge is 0.306 e. The summed E-state index contributed by atoms with van der Waals surface area (Å²) in [6.45, 7) is 0.511. The van der Waals surface area contributed by atoms with E-state index in [9.17, 15) is 22.8 Å². The minimum absolute atomic E-state index is 0.0466. The van der Waals surface area contributed by atoms with Crippen LogP contribution in [0, 0.1) is 0 Å². The van der Waals surface area contributed by atoms with E-state index in [4.69, 9.17) is 16.3 Å². The van der Waals surface area contributed by atoms with Crippen molar-refractivity contribution < 1.29 is 27.5 Å². The third-order valence-electron chi connectivity index (χ3n) is 5.18. The van der Waals surface area contributed by atoms with Crippen LogP contribution in [-0.2, 0) is 24.3 Å². The largest absolute Gasteiger partial charge is 0.456 e. The molecule has 0 aromatic heterocycles. The summed E-state index contributed by atoms with van der Waals surface area (Å²) in [5, 5.41) is 3.06. The second-order valence-electron chi connectivity index (χ2n) is 7.63. The zero-order valence-corrected chi connectivity index (χ0v) is 19.5. The van der Waals surface area contributed by atoms with E-state index in [2.05, 4.69) is 5.32 Å². The van der Waals surface area contributed by atoms with E-state index in [1.807, 2.05) is 0 Å². The van der Waals surface area contributed by atoms with Gasteiger partial charge in [-0.15, -0.1) is 0 Å². The number of nitrogens with one attached hydrogen (secondary N) is 1. The molecule has 1 heterocycles. The quantitative estimate of drug-likeness (QED) is 0.422. The highest BCUT2D eigenvalue weighted by atomic mass is 35.5. The van der Waals surface area contributed by atoms with E-state index < -0.39 is 28.5 Å². The van der Waals surface area contributed by atoms with Crippen molar-refractivity contribution in [3.63, 3.8) is 0 Å². The van der Waals surface area contributed by atoms with Gasteiger partial charge in [0.2, 0.25) is 10.0 Å². The highest BCUT2D eigenvalue weighted by molar-refractivity contribution is 7.89. The molecule has 0 unspecified atom stereocenters. The summed E-state index contributed by atoms with van der Waals surface area (Å²) >= 11 is 5.78. The van der Waals surface area contributed by atoms with Gasteiger partial charge >= 0.3 is 5.97 Å². The van der Waals surface area contributed by atoms with Gasteiger partial charge in [-0.25, -0.2) is 8.42 Å². The number of esters is 1. The van der Waals surface area contributed by atoms with E-state index in [1.165, 1.54) is 28.6 Å². The highest BCUT2D eigenvalue weighted by Crippen LogP contribution is 2.22. The molecule has 8 nitrogen and oxygen atoms in total. The summed E-state index contributed by atoms with van der Waals surface area (Å²) in [6.07, 6.45) is 2.52. The maximum Gasteiger partial charge on any atom is 0.306 e. The first-order valence-electron chi connectivity index (χ1n) is 10.6. The molecular formula is C23H25ClN2O6S. The molecule has 1 N–H and O–H groups in total. The zero-order chi connectivity index (χ0) is 23.8. The van der Waals surface area contributed by atoms with Crippen molar-refractivity contribution in [1.82, 2.24) is 4.31 Å². The average molecular weight is 493 g/mol. The summed E-state index contributed by atoms with van der Waals surface area (Å²) in [5.41, 5.74) is 0.822. The predicted octanol–water partition coefficient (Wildman–Crippen LogP) is 3.66. The monoisotopic (exact) mass is 492 g/mol. The minimum atomic E-state index is -3.55. The van der Waals surface area contributed by atoms with Crippen LogP contribution in [0.3, 0.4) is 0 Å². The summed E-state index contributed by atoms with van der Waals surface area (Å²) in [6, 6.07) is 12.2. The normalized spacial score (nSPS) is 14.5. The van der Waals surface area contributed by atoms with Crippen LogP contribution in [0.1, 0.15) is 42.5 Å². The lowest BCUT2D eigenvalue weighted by molar-refractivity contribution is -0.147. The van der Waals surface area contributed by atoms with E-state index >= 15 is 0 Å². The first-order chi connectivity index (χ1) is 15.8. The molecule has 0 spiro atoms. The number of hydrogen-bond donors (Lipinski definition) is 1. The molecule has 0 bridgehead atoms. The van der Waals surface area contributed by atoms with E-state index in [0.717, 1.165) is 19.3 Å². The van der Waals surface area contributed by atoms with Gasteiger partial charge in [-0.05, 0) is 61.4 Å². The van der Waals surface area contributed by atoms with Gasteiger partial charge in [-0.2, -0.15) is 4.31 Å². The van der Waals surface area contributed by atoms with Crippen molar-refractivity contribution in [1.29, 1.82) is 0 Å². The van der Waals surface area contributed by atoms with Crippen LogP contribution in [0.25, 0.3) is 0 Å². The Kier molecular flexibility index (Phi) is 8.60. The fourth-order valence-corrected chi connectivity index (χ4v) is 5.02. The standard InChI is InChI=1S/C23H25ClN2O6S/c24-18-6-4-17(5-7-18)21(27)12-13-23(29)32-16-22(28)25-19-8-10-20(11-9-19)33(30,31)26-14-2-1-3-15-26/h4-11H,1-3,12-16H2,(H,25,28). The molecule has 2 aromatic rings. The Morgan fingerprint density at radius 2 is 1.55 bits per heavy atom. The van der Waals surface area contributed by atoms with Gasteiger partial charge < -0.3 is 10.1 Å². The van der Waals surface area contributed by atoms with E-state index in [0.29, 0.717) is 29.4 Å². The third-order valence-corrected chi connectivity index (χ3v) is 7.34. The Hall–Kier alpha value is -2.75. The SMILES string of the molecule is O=C(COC(=O)CCC(=O)c1ccc(Cl)cc1)Nc1ccc(S(=O)(=O)N2CCCCC2)cc1. The molecule has 10 heteroatoms. The van der Waals surface area contributed by atoms with Crippen molar-refractivity contribution >= 4 is 45.0 Å². The maximum atomic E-state index is 12.7. The van der Waals surface area contributed by atoms with Crippen molar-refractivity contribution in [2.75, 3.05) is 25.0 Å². The Bertz CT molecular complexity index is 1090. The van der Waals surface area contributed by atoms with Gasteiger partial charge in [0.05, 0.1) is 11.3 Å². The summed E-state index contributed by atoms with van der Waals surface area (Å²) < 4.78 is 31.7. The number of amides is 1. The second-order valence-corrected chi connectivity index (χ2v) is 10.0. The zero-order valence-electron chi connectivity index (χ0n) is 18.0. The molecular weight excluding hydrogens is 468 g/mol. The van der Waals surface area contributed by atoms with Crippen LogP contribution >= 0.6 is 11.6 Å². The van der Waals surface area contributed by atoms with Crippen molar-refractivity contribution in [3.8, 4) is 0 Å². The molecule has 176 valence electrons. The molecule has 3 rings (SSSR count). The summed E-state index contributed by atoms with van der Waals surface area (Å²) in [5.74, 6) is -1.47. The number of carbonyl (C=O) groups excluding carboxylic acids is 3. The van der Waals surface area contributed by atoms with Gasteiger partial charge in [0.15, 0.2) is 12.4 Å². The number of halogens is 1. The predicted molar refractivity (Wildman–Crippen MR) is 124 cm³/mol. The van der Waals surface area contributed by atoms with Gasteiger partial charge in [0.1, 0.15) is 0 Å². The Morgan fingerprint density at radius 3 is 2.18 bits per heavy atom. The molecule has 0 aliphatic carbocycles. The highest BCUT2D eigenvalue weighted by Gasteiger charge is 2.25. The van der Waals surface area contributed by atoms with Crippen LogP contribution in [0.5, 0.6) is 0 Å². The summed E-state index contributed by atoms with van der Waals surface area (Å²) in [4.78, 5) is 36.1. The lowest BCUT2D eigenvalue weighted by atomic mass is 10.1. The number of sulfonamides is 1. The number of benzene rings is 2. The fraction of sp³-hybridized carbons (Fsp3) is 0.348. The number of Topliss-reactive ketones (excluding diaryl/α,β-unsaturated/α-hetero) is 1. The molecule has 2 aromatic carbocycles. The molecule has 0 saturated carbocycles. The van der Waals surface area contributed by atoms with Crippen molar-refractivity contribution in [2.24, 2.45) is 0 Å². The van der Waals surface area contributed by atoms with Crippen molar-refractivity contribution in [3.05, 3.63) is 59.1 Å². The maximum absolute atomic E-state index is 12.7. The minimum Gasteiger partial charge on any atom is -0.456 e. The first-order valence-corrected chi connectivity index (χ1v) is 12.4. The molecule has 1 aliphatic heterocycles. The first kappa shape index (κ1) is 24.9. The van der Waals surface area contributed by atoms with Gasteiger partial charge in [0, 0.05) is 35.8 Å². The number of nitrogens with zero attached hydrogens (tertiary/aromatic N) is 1. The van der Waals surface area contributed by atoms with Gasteiger partial charge in [0.25, 0.3) is 5.91 Å². The third kappa shape index (κ3) is 7.12. The van der Waals surface area contributed by atoms with E-state index in [1.54, 1.807) is 24.3 Å². The number of ether oxygens (including phenoxy) is 1. The average Bonchev–Trinajstić information content (AvgIpc) is 2.82. The number of hydrogen-bond acceptors (Lipinski definition) is 6. The van der Waals surface area contributed by atoms with Crippen LogP contribution in [0.15, 0.2) is 53.4 Å². The molecule has 1 saturated heterocycles. The number of anilines is 1. The fourth-order valence-electron chi connectivity index (χ4n) is 3.38. The van der Waals surface area contributed by atoms with Gasteiger partial charge in [-0.3, -0.25) is 14.4 Å². The molecule has 1 amide bonds. The van der Waals surface area contributed by atoms with Crippen LogP contribution < -0.4 is 5.32 Å². The number of ketones is 1. The Morgan fingerprint density at radius 1 is 0.909 bits per heavy atom. The second kappa shape index (κ2) is 11.4. The van der Waals surface area contributed by atoms with Crippen molar-refractivity contribution in [2.45, 2.75) is 37.0 Å². The summed E-state index contributed by atoms with van der Waals surface area (Å²) in [7, 11) is -3.55. The number of piperidine rings is 1. The molecule has 0 atom stereocenters. The van der Waals surface area contributed by atoms with Gasteiger partial charge in [-0.1, -0.05) is 18.0 Å². The Labute approximate surface area is 197 Å². The van der Waals surface area contributed by atoms with Crippen LogP contribution in [0.2, 0.25) is 5.02 Å². The molecule has 1 aliphatic rings. The lowest BCUT2D eigenvalue weighted by Crippen LogP contribution is -2.35. The molecule has 1 fully saturated rings. The Balaban J connectivity index is 1.43. The molecule has 0 radical (unpaired) electrons. The number of carbonyl (C=O) groups is 3. The van der Waals surface area contributed by atoms with Crippen LogP contribution in [0.4, 0.5) is 5.69 Å².